The van der Waals surface area contributed by atoms with Crippen LogP contribution in [0, 0.1) is 0 Å². The van der Waals surface area contributed by atoms with Crippen LogP contribution in [0.25, 0.3) is 5.57 Å². The smallest absolute Gasteiger partial charge is 0.307 e. The summed E-state index contributed by atoms with van der Waals surface area (Å²) in [4.78, 5) is 10.4. The summed E-state index contributed by atoms with van der Waals surface area (Å²) < 4.78 is 5.19. The number of aliphatic carboxylic acids is 1. The van der Waals surface area contributed by atoms with Crippen molar-refractivity contribution in [3.63, 3.8) is 0 Å². The molecule has 3 heteroatoms. The van der Waals surface area contributed by atoms with Crippen molar-refractivity contribution in [1.82, 2.24) is 0 Å². The van der Waals surface area contributed by atoms with E-state index in [9.17, 15) is 4.79 Å². The molecular weight excluding hydrogens is 192 g/mol. The largest absolute Gasteiger partial charge is 0.496 e. The van der Waals surface area contributed by atoms with Gasteiger partial charge >= 0.3 is 5.97 Å². The number of carboxylic acids is 1. The minimum atomic E-state index is -0.829. The highest BCUT2D eigenvalue weighted by atomic mass is 16.5. The van der Waals surface area contributed by atoms with Gasteiger partial charge in [0.1, 0.15) is 5.75 Å². The van der Waals surface area contributed by atoms with E-state index in [1.54, 1.807) is 13.2 Å². The summed E-state index contributed by atoms with van der Waals surface area (Å²) in [6.45, 7) is 1.88. The number of ether oxygens (including phenoxy) is 1. The normalized spacial score (nSPS) is 11.2. The van der Waals surface area contributed by atoms with Gasteiger partial charge in [0.15, 0.2) is 0 Å². The van der Waals surface area contributed by atoms with E-state index in [0.29, 0.717) is 0 Å². The maximum Gasteiger partial charge on any atom is 0.307 e. The topological polar surface area (TPSA) is 46.5 Å². The van der Waals surface area contributed by atoms with Gasteiger partial charge in [0.2, 0.25) is 0 Å². The molecule has 1 aromatic carbocycles. The molecule has 0 bridgehead atoms. The zero-order chi connectivity index (χ0) is 11.3. The molecule has 3 nitrogen and oxygen atoms in total. The van der Waals surface area contributed by atoms with Crippen LogP contribution >= 0.6 is 0 Å². The van der Waals surface area contributed by atoms with E-state index in [-0.39, 0.29) is 6.42 Å². The number of hydrogen-bond donors (Lipinski definition) is 1. The molecule has 0 aliphatic rings. The van der Waals surface area contributed by atoms with Crippen LogP contribution in [0.4, 0.5) is 0 Å². The van der Waals surface area contributed by atoms with E-state index in [1.165, 1.54) is 0 Å². The van der Waals surface area contributed by atoms with Crippen LogP contribution in [0.15, 0.2) is 30.3 Å². The van der Waals surface area contributed by atoms with Crippen molar-refractivity contribution in [3.05, 3.63) is 35.9 Å². The lowest BCUT2D eigenvalue weighted by molar-refractivity contribution is -0.135. The van der Waals surface area contributed by atoms with E-state index in [1.807, 2.05) is 31.2 Å². The molecule has 0 aliphatic carbocycles. The second-order valence-electron chi connectivity index (χ2n) is 3.19. The van der Waals surface area contributed by atoms with Gasteiger partial charge in [0, 0.05) is 5.56 Å². The minimum Gasteiger partial charge on any atom is -0.496 e. The van der Waals surface area contributed by atoms with Gasteiger partial charge in [-0.3, -0.25) is 4.79 Å². The molecule has 0 radical (unpaired) electrons. The average molecular weight is 206 g/mol. The van der Waals surface area contributed by atoms with E-state index in [0.717, 1.165) is 16.9 Å². The van der Waals surface area contributed by atoms with E-state index >= 15 is 0 Å². The number of methoxy groups -OCH3 is 1. The van der Waals surface area contributed by atoms with Crippen molar-refractivity contribution in [2.45, 2.75) is 13.3 Å². The first kappa shape index (κ1) is 11.3. The van der Waals surface area contributed by atoms with Crippen molar-refractivity contribution in [3.8, 4) is 5.75 Å². The molecule has 0 heterocycles. The van der Waals surface area contributed by atoms with E-state index in [4.69, 9.17) is 9.84 Å². The van der Waals surface area contributed by atoms with Gasteiger partial charge in [0.25, 0.3) is 0 Å². The zero-order valence-corrected chi connectivity index (χ0v) is 8.86. The van der Waals surface area contributed by atoms with Crippen LogP contribution < -0.4 is 4.74 Å². The van der Waals surface area contributed by atoms with Crippen molar-refractivity contribution >= 4 is 11.5 Å². The second kappa shape index (κ2) is 5.20. The Labute approximate surface area is 89.0 Å². The lowest BCUT2D eigenvalue weighted by atomic mass is 10.1. The van der Waals surface area contributed by atoms with Crippen LogP contribution in [0.3, 0.4) is 0 Å². The maximum absolute atomic E-state index is 10.4. The van der Waals surface area contributed by atoms with Gasteiger partial charge in [-0.2, -0.15) is 0 Å². The molecule has 15 heavy (non-hydrogen) atoms. The van der Waals surface area contributed by atoms with Crippen molar-refractivity contribution in [2.75, 3.05) is 7.11 Å². The molecule has 0 atom stereocenters. The van der Waals surface area contributed by atoms with Crippen LogP contribution in [-0.4, -0.2) is 18.2 Å². The number of para-hydroxylation sites is 1. The first-order valence-corrected chi connectivity index (χ1v) is 4.67. The molecule has 1 rings (SSSR count). The van der Waals surface area contributed by atoms with Gasteiger partial charge in [-0.05, 0) is 18.6 Å². The van der Waals surface area contributed by atoms with Crippen LogP contribution in [0.5, 0.6) is 5.75 Å². The van der Waals surface area contributed by atoms with Gasteiger partial charge < -0.3 is 9.84 Å². The third-order valence-electron chi connectivity index (χ3n) is 2.11. The molecule has 0 spiro atoms. The molecule has 80 valence electrons. The molecule has 1 aromatic rings. The highest BCUT2D eigenvalue weighted by Crippen LogP contribution is 2.25. The number of allylic oxidation sites excluding steroid dienone is 1. The Morgan fingerprint density at radius 3 is 2.73 bits per heavy atom. The summed E-state index contributed by atoms with van der Waals surface area (Å²) in [6.07, 6.45) is 1.71. The van der Waals surface area contributed by atoms with Crippen molar-refractivity contribution in [2.24, 2.45) is 0 Å². The first-order valence-electron chi connectivity index (χ1n) is 4.67. The fourth-order valence-corrected chi connectivity index (χ4v) is 1.32. The monoisotopic (exact) mass is 206 g/mol. The number of rotatable bonds is 4. The quantitative estimate of drug-likeness (QED) is 0.823. The predicted octanol–water partition coefficient (Wildman–Crippen LogP) is 2.57. The molecule has 0 saturated carbocycles. The van der Waals surface area contributed by atoms with Crippen LogP contribution in [-0.2, 0) is 4.79 Å². The molecule has 0 aliphatic heterocycles. The molecule has 0 fully saturated rings. The van der Waals surface area contributed by atoms with Gasteiger partial charge in [-0.1, -0.05) is 24.3 Å². The lowest BCUT2D eigenvalue weighted by Crippen LogP contribution is -1.93. The highest BCUT2D eigenvalue weighted by molar-refractivity contribution is 5.75. The fourth-order valence-electron chi connectivity index (χ4n) is 1.32. The third-order valence-corrected chi connectivity index (χ3v) is 2.11. The Morgan fingerprint density at radius 2 is 2.13 bits per heavy atom. The summed E-state index contributed by atoms with van der Waals surface area (Å²) in [5, 5.41) is 8.56. The fraction of sp³-hybridized carbons (Fsp3) is 0.250. The molecule has 0 amide bonds. The summed E-state index contributed by atoms with van der Waals surface area (Å²) in [7, 11) is 1.60. The summed E-state index contributed by atoms with van der Waals surface area (Å²) in [6, 6.07) is 7.54. The van der Waals surface area contributed by atoms with Crippen molar-refractivity contribution in [1.29, 1.82) is 0 Å². The van der Waals surface area contributed by atoms with Gasteiger partial charge in [0.05, 0.1) is 13.5 Å². The average Bonchev–Trinajstić information content (AvgIpc) is 2.25. The first-order chi connectivity index (χ1) is 7.15. The minimum absolute atomic E-state index is 0.0316. The molecule has 0 saturated heterocycles. The molecule has 1 N–H and O–H groups in total. The molecule has 0 aromatic heterocycles. The molecule has 0 unspecified atom stereocenters. The third kappa shape index (κ3) is 3.13. The van der Waals surface area contributed by atoms with E-state index < -0.39 is 5.97 Å². The Kier molecular flexibility index (Phi) is 3.92. The number of carboxylic acid groups (broad SMARTS) is 1. The molecular formula is C12H14O3. The number of hydrogen-bond acceptors (Lipinski definition) is 2. The Morgan fingerprint density at radius 1 is 1.47 bits per heavy atom. The number of carbonyl (C=O) groups is 1. The number of benzene rings is 1. The van der Waals surface area contributed by atoms with Crippen LogP contribution in [0.1, 0.15) is 18.9 Å². The standard InChI is InChI=1S/C12H14O3/c1-9(7-8-12(13)14)10-5-3-4-6-11(10)15-2/h3-7H,8H2,1-2H3,(H,13,14). The Hall–Kier alpha value is -1.77. The Bertz CT molecular complexity index is 380. The SMILES string of the molecule is COc1ccccc1C(C)=CCC(=O)O. The summed E-state index contributed by atoms with van der Waals surface area (Å²) >= 11 is 0. The van der Waals surface area contributed by atoms with E-state index in [2.05, 4.69) is 0 Å². The summed E-state index contributed by atoms with van der Waals surface area (Å²) in [5.41, 5.74) is 1.84. The zero-order valence-electron chi connectivity index (χ0n) is 8.86. The second-order valence-corrected chi connectivity index (χ2v) is 3.19. The van der Waals surface area contributed by atoms with Crippen LogP contribution in [0.2, 0.25) is 0 Å². The lowest BCUT2D eigenvalue weighted by Gasteiger charge is -2.07. The van der Waals surface area contributed by atoms with Gasteiger partial charge in [-0.25, -0.2) is 0 Å². The van der Waals surface area contributed by atoms with Gasteiger partial charge in [-0.15, -0.1) is 0 Å². The van der Waals surface area contributed by atoms with Crippen molar-refractivity contribution < 1.29 is 14.6 Å². The summed E-state index contributed by atoms with van der Waals surface area (Å²) in [5.74, 6) is -0.0686. The maximum atomic E-state index is 10.4. The highest BCUT2D eigenvalue weighted by Gasteiger charge is 2.03. The Balaban J connectivity index is 2.94. The predicted molar refractivity (Wildman–Crippen MR) is 58.9 cm³/mol.